The average molecular weight is 449 g/mol. The lowest BCUT2D eigenvalue weighted by Crippen LogP contribution is -2.12. The van der Waals surface area contributed by atoms with E-state index in [4.69, 9.17) is 18.6 Å². The second-order valence-electron chi connectivity index (χ2n) is 6.87. The number of hydrogen-bond acceptors (Lipinski definition) is 8. The molecule has 0 aliphatic carbocycles. The molecule has 0 spiro atoms. The minimum atomic E-state index is -0.604. The molecule has 1 N–H and O–H groups in total. The van der Waals surface area contributed by atoms with Crippen LogP contribution in [0.5, 0.6) is 17.2 Å². The molecule has 1 aromatic heterocycles. The van der Waals surface area contributed by atoms with Gasteiger partial charge in [-0.3, -0.25) is 14.9 Å². The summed E-state index contributed by atoms with van der Waals surface area (Å²) in [6.07, 6.45) is 0. The van der Waals surface area contributed by atoms with Crippen LogP contribution in [-0.4, -0.2) is 37.1 Å². The molecule has 3 aromatic carbocycles. The second kappa shape index (κ2) is 8.87. The number of rotatable bonds is 7. The molecule has 10 nitrogen and oxygen atoms in total. The molecule has 0 fully saturated rings. The van der Waals surface area contributed by atoms with E-state index in [1.165, 1.54) is 19.2 Å². The number of oxazole rings is 1. The summed E-state index contributed by atoms with van der Waals surface area (Å²) in [4.78, 5) is 27.7. The molecule has 0 radical (unpaired) electrons. The van der Waals surface area contributed by atoms with Crippen molar-refractivity contribution in [2.75, 3.05) is 26.6 Å². The number of aromatic nitrogens is 1. The highest BCUT2D eigenvalue weighted by Gasteiger charge is 2.19. The van der Waals surface area contributed by atoms with E-state index in [0.29, 0.717) is 39.7 Å². The van der Waals surface area contributed by atoms with Gasteiger partial charge < -0.3 is 23.9 Å². The van der Waals surface area contributed by atoms with Gasteiger partial charge in [-0.2, -0.15) is 0 Å². The number of fused-ring (bicyclic) bond motifs is 1. The van der Waals surface area contributed by atoms with Crippen molar-refractivity contribution in [1.82, 2.24) is 4.98 Å². The first-order valence-electron chi connectivity index (χ1n) is 9.70. The largest absolute Gasteiger partial charge is 0.493 e. The van der Waals surface area contributed by atoms with Crippen molar-refractivity contribution in [2.45, 2.75) is 0 Å². The molecule has 1 heterocycles. The molecule has 0 unspecified atom stereocenters. The lowest BCUT2D eigenvalue weighted by atomic mass is 10.1. The van der Waals surface area contributed by atoms with Crippen molar-refractivity contribution in [3.63, 3.8) is 0 Å². The van der Waals surface area contributed by atoms with Crippen LogP contribution in [-0.2, 0) is 0 Å². The summed E-state index contributed by atoms with van der Waals surface area (Å²) in [7, 11) is 4.42. The Balaban J connectivity index is 1.60. The van der Waals surface area contributed by atoms with Gasteiger partial charge >= 0.3 is 5.69 Å². The molecule has 0 aliphatic rings. The number of carbonyl (C=O) groups is 1. The first kappa shape index (κ1) is 21.6. The average Bonchev–Trinajstić information content (AvgIpc) is 3.26. The molecule has 4 aromatic rings. The Labute approximate surface area is 187 Å². The standard InChI is InChI=1S/C23H19N3O7/c1-30-19-7-4-13(10-17(19)26(28)29)22(27)24-15-6-9-18-16(12-15)25-23(33-18)14-5-8-20(31-2)21(11-14)32-3/h4-12H,1-3H3,(H,24,27). The van der Waals surface area contributed by atoms with Crippen molar-refractivity contribution < 1.29 is 28.3 Å². The zero-order valence-electron chi connectivity index (χ0n) is 17.9. The highest BCUT2D eigenvalue weighted by atomic mass is 16.6. The molecule has 0 atom stereocenters. The van der Waals surface area contributed by atoms with Crippen LogP contribution in [0.25, 0.3) is 22.6 Å². The van der Waals surface area contributed by atoms with Gasteiger partial charge in [-0.15, -0.1) is 0 Å². The quantitative estimate of drug-likeness (QED) is 0.318. The third-order valence-corrected chi connectivity index (χ3v) is 4.91. The Morgan fingerprint density at radius 3 is 2.36 bits per heavy atom. The van der Waals surface area contributed by atoms with Crippen molar-refractivity contribution in [3.8, 4) is 28.7 Å². The molecule has 1 amide bonds. The molecule has 0 saturated heterocycles. The maximum Gasteiger partial charge on any atom is 0.311 e. The van der Waals surface area contributed by atoms with Crippen molar-refractivity contribution in [1.29, 1.82) is 0 Å². The SMILES string of the molecule is COc1ccc(-c2nc3cc(NC(=O)c4ccc(OC)c([N+](=O)[O-])c4)ccc3o2)cc1OC. The highest BCUT2D eigenvalue weighted by molar-refractivity contribution is 6.05. The van der Waals surface area contributed by atoms with Gasteiger partial charge in [0.2, 0.25) is 5.89 Å². The molecular formula is C23H19N3O7. The molecule has 168 valence electrons. The van der Waals surface area contributed by atoms with E-state index in [1.54, 1.807) is 50.6 Å². The Kier molecular flexibility index (Phi) is 5.81. The number of ether oxygens (including phenoxy) is 3. The van der Waals surface area contributed by atoms with Gasteiger partial charge in [0.1, 0.15) is 5.52 Å². The third kappa shape index (κ3) is 4.26. The minimum Gasteiger partial charge on any atom is -0.493 e. The number of nitro groups is 1. The fourth-order valence-corrected chi connectivity index (χ4v) is 3.28. The fraction of sp³-hybridized carbons (Fsp3) is 0.130. The van der Waals surface area contributed by atoms with E-state index in [1.807, 2.05) is 0 Å². The lowest BCUT2D eigenvalue weighted by Gasteiger charge is -2.07. The molecular weight excluding hydrogens is 430 g/mol. The van der Waals surface area contributed by atoms with Crippen molar-refractivity contribution in [2.24, 2.45) is 0 Å². The van der Waals surface area contributed by atoms with E-state index < -0.39 is 10.8 Å². The number of nitrogens with zero attached hydrogens (tertiary/aromatic N) is 2. The summed E-state index contributed by atoms with van der Waals surface area (Å²) in [6, 6.07) is 14.3. The Morgan fingerprint density at radius 2 is 1.67 bits per heavy atom. The van der Waals surface area contributed by atoms with Crippen LogP contribution in [0.1, 0.15) is 10.4 Å². The summed E-state index contributed by atoms with van der Waals surface area (Å²) >= 11 is 0. The fourth-order valence-electron chi connectivity index (χ4n) is 3.28. The van der Waals surface area contributed by atoms with Gasteiger partial charge in [-0.1, -0.05) is 0 Å². The number of carbonyl (C=O) groups excluding carboxylic acids is 1. The van der Waals surface area contributed by atoms with Crippen LogP contribution in [0, 0.1) is 10.1 Å². The first-order valence-corrected chi connectivity index (χ1v) is 9.70. The van der Waals surface area contributed by atoms with E-state index in [-0.39, 0.29) is 17.0 Å². The number of amides is 1. The number of anilines is 1. The first-order chi connectivity index (χ1) is 15.9. The van der Waals surface area contributed by atoms with Gasteiger partial charge in [0.05, 0.1) is 26.3 Å². The van der Waals surface area contributed by atoms with Crippen molar-refractivity contribution >= 4 is 28.4 Å². The summed E-state index contributed by atoms with van der Waals surface area (Å²) in [5.74, 6) is 1.06. The molecule has 0 aliphatic heterocycles. The van der Waals surface area contributed by atoms with Crippen LogP contribution in [0.4, 0.5) is 11.4 Å². The molecule has 4 rings (SSSR count). The predicted molar refractivity (Wildman–Crippen MR) is 120 cm³/mol. The third-order valence-electron chi connectivity index (χ3n) is 4.91. The number of benzene rings is 3. The summed E-state index contributed by atoms with van der Waals surface area (Å²) in [5, 5.41) is 13.9. The van der Waals surface area contributed by atoms with E-state index in [2.05, 4.69) is 10.3 Å². The maximum atomic E-state index is 12.6. The maximum absolute atomic E-state index is 12.6. The number of hydrogen-bond donors (Lipinski definition) is 1. The molecule has 0 saturated carbocycles. The smallest absolute Gasteiger partial charge is 0.311 e. The molecule has 0 bridgehead atoms. The Morgan fingerprint density at radius 1 is 0.939 bits per heavy atom. The summed E-state index contributed by atoms with van der Waals surface area (Å²) < 4.78 is 21.4. The van der Waals surface area contributed by atoms with Gasteiger partial charge in [-0.05, 0) is 48.5 Å². The van der Waals surface area contributed by atoms with Gasteiger partial charge in [0.25, 0.3) is 5.91 Å². The van der Waals surface area contributed by atoms with E-state index in [9.17, 15) is 14.9 Å². The van der Waals surface area contributed by atoms with Crippen LogP contribution in [0.15, 0.2) is 59.0 Å². The summed E-state index contributed by atoms with van der Waals surface area (Å²) in [6.45, 7) is 0. The zero-order chi connectivity index (χ0) is 23.5. The van der Waals surface area contributed by atoms with Crippen LogP contribution in [0.2, 0.25) is 0 Å². The molecule has 10 heteroatoms. The zero-order valence-corrected chi connectivity index (χ0v) is 17.9. The number of nitrogens with one attached hydrogen (secondary N) is 1. The van der Waals surface area contributed by atoms with Crippen LogP contribution >= 0.6 is 0 Å². The predicted octanol–water partition coefficient (Wildman–Crippen LogP) is 4.68. The second-order valence-corrected chi connectivity index (χ2v) is 6.87. The topological polar surface area (TPSA) is 126 Å². The van der Waals surface area contributed by atoms with E-state index in [0.717, 1.165) is 6.07 Å². The van der Waals surface area contributed by atoms with Crippen LogP contribution < -0.4 is 19.5 Å². The van der Waals surface area contributed by atoms with Crippen LogP contribution in [0.3, 0.4) is 0 Å². The summed E-state index contributed by atoms with van der Waals surface area (Å²) in [5.41, 5.74) is 2.03. The van der Waals surface area contributed by atoms with Gasteiger partial charge in [0.15, 0.2) is 22.8 Å². The Hall–Kier alpha value is -4.60. The lowest BCUT2D eigenvalue weighted by molar-refractivity contribution is -0.385. The monoisotopic (exact) mass is 449 g/mol. The van der Waals surface area contributed by atoms with E-state index >= 15 is 0 Å². The minimum absolute atomic E-state index is 0.0725. The Bertz CT molecular complexity index is 1360. The normalized spacial score (nSPS) is 10.6. The number of methoxy groups -OCH3 is 3. The van der Waals surface area contributed by atoms with Gasteiger partial charge in [-0.25, -0.2) is 4.98 Å². The van der Waals surface area contributed by atoms with Crippen molar-refractivity contribution in [3.05, 3.63) is 70.3 Å². The van der Waals surface area contributed by atoms with Gasteiger partial charge in [0, 0.05) is 22.9 Å². The highest BCUT2D eigenvalue weighted by Crippen LogP contribution is 2.34. The number of nitro benzene ring substituents is 1. The molecule has 33 heavy (non-hydrogen) atoms.